The Hall–Kier alpha value is -2.40. The zero-order valence-electron chi connectivity index (χ0n) is 15.5. The fourth-order valence-electron chi connectivity index (χ4n) is 2.59. The largest absolute Gasteiger partial charge is 0.487 e. The number of aromatic amines is 2. The lowest BCUT2D eigenvalue weighted by Gasteiger charge is -2.14. The summed E-state index contributed by atoms with van der Waals surface area (Å²) < 4.78 is 33.1. The Labute approximate surface area is 160 Å². The minimum Gasteiger partial charge on any atom is -0.487 e. The first kappa shape index (κ1) is 20.3. The van der Waals surface area contributed by atoms with E-state index in [0.717, 1.165) is 0 Å². The van der Waals surface area contributed by atoms with Crippen LogP contribution in [0.4, 0.5) is 0 Å². The second-order valence-corrected chi connectivity index (χ2v) is 5.90. The third kappa shape index (κ3) is 5.80. The molecule has 1 aromatic carbocycles. The minimum atomic E-state index is -0.419. The summed E-state index contributed by atoms with van der Waals surface area (Å²) in [7, 11) is 0. The van der Waals surface area contributed by atoms with Crippen LogP contribution in [-0.4, -0.2) is 76.3 Å². The average molecular weight is 396 g/mol. The Morgan fingerprint density at radius 1 is 0.536 bits per heavy atom. The molecule has 0 saturated heterocycles. The van der Waals surface area contributed by atoms with Crippen LogP contribution in [-0.2, 0) is 18.9 Å². The minimum absolute atomic E-state index is 0.218. The Bertz CT molecular complexity index is 792. The van der Waals surface area contributed by atoms with Gasteiger partial charge >= 0.3 is 0 Å². The van der Waals surface area contributed by atoms with Gasteiger partial charge in [-0.25, -0.2) is 0 Å². The van der Waals surface area contributed by atoms with E-state index in [9.17, 15) is 9.59 Å². The lowest BCUT2D eigenvalue weighted by atomic mass is 10.1. The molecule has 1 aliphatic rings. The number of ether oxygens (including phenoxy) is 6. The Morgan fingerprint density at radius 3 is 1.21 bits per heavy atom. The van der Waals surface area contributed by atoms with E-state index >= 15 is 0 Å². The van der Waals surface area contributed by atoms with Gasteiger partial charge in [0, 0.05) is 0 Å². The van der Waals surface area contributed by atoms with E-state index in [1.54, 1.807) is 0 Å². The van der Waals surface area contributed by atoms with Crippen molar-refractivity contribution in [2.75, 3.05) is 66.1 Å². The van der Waals surface area contributed by atoms with Crippen LogP contribution in [0.25, 0.3) is 10.8 Å². The van der Waals surface area contributed by atoms with Gasteiger partial charge in [0.15, 0.2) is 11.5 Å². The highest BCUT2D eigenvalue weighted by molar-refractivity contribution is 5.84. The molecule has 0 saturated carbocycles. The summed E-state index contributed by atoms with van der Waals surface area (Å²) in [4.78, 5) is 24.0. The first-order valence-electron chi connectivity index (χ1n) is 9.11. The lowest BCUT2D eigenvalue weighted by molar-refractivity contribution is -0.00840. The van der Waals surface area contributed by atoms with Gasteiger partial charge in [-0.15, -0.1) is 0 Å². The lowest BCUT2D eigenvalue weighted by Crippen LogP contribution is -2.20. The molecule has 2 heterocycles. The van der Waals surface area contributed by atoms with Gasteiger partial charge in [-0.1, -0.05) is 0 Å². The van der Waals surface area contributed by atoms with Crippen molar-refractivity contribution >= 4 is 10.8 Å². The van der Waals surface area contributed by atoms with Crippen molar-refractivity contribution in [1.29, 1.82) is 0 Å². The van der Waals surface area contributed by atoms with Gasteiger partial charge in [0.05, 0.1) is 63.6 Å². The quantitative estimate of drug-likeness (QED) is 0.641. The zero-order chi connectivity index (χ0) is 19.6. The number of hydrogen-bond donors (Lipinski definition) is 2. The second-order valence-electron chi connectivity index (χ2n) is 5.90. The highest BCUT2D eigenvalue weighted by Gasteiger charge is 2.13. The Balaban J connectivity index is 1.75. The van der Waals surface area contributed by atoms with Crippen molar-refractivity contribution in [3.05, 3.63) is 32.8 Å². The second kappa shape index (κ2) is 10.8. The number of rotatable bonds is 0. The normalized spacial score (nSPS) is 18.3. The smallest absolute Gasteiger partial charge is 0.270 e. The van der Waals surface area contributed by atoms with E-state index in [4.69, 9.17) is 28.4 Å². The van der Waals surface area contributed by atoms with E-state index < -0.39 is 11.1 Å². The fraction of sp³-hybridized carbons (Fsp3) is 0.556. The van der Waals surface area contributed by atoms with Crippen LogP contribution in [0.1, 0.15) is 0 Å². The van der Waals surface area contributed by atoms with Gasteiger partial charge in [-0.3, -0.25) is 19.8 Å². The van der Waals surface area contributed by atoms with E-state index in [-0.39, 0.29) is 24.0 Å². The molecule has 0 atom stereocenters. The maximum Gasteiger partial charge on any atom is 0.270 e. The molecular formula is C18H24N2O8. The van der Waals surface area contributed by atoms with Crippen molar-refractivity contribution in [2.45, 2.75) is 0 Å². The molecule has 0 amide bonds. The molecule has 0 fully saturated rings. The summed E-state index contributed by atoms with van der Waals surface area (Å²) in [6.07, 6.45) is 0. The maximum atomic E-state index is 12.0. The highest BCUT2D eigenvalue weighted by Crippen LogP contribution is 2.30. The molecule has 3 rings (SSSR count). The monoisotopic (exact) mass is 396 g/mol. The van der Waals surface area contributed by atoms with Crippen molar-refractivity contribution in [2.24, 2.45) is 0 Å². The Morgan fingerprint density at radius 2 is 0.857 bits per heavy atom. The van der Waals surface area contributed by atoms with Crippen LogP contribution in [0.2, 0.25) is 0 Å². The molecule has 1 aliphatic heterocycles. The van der Waals surface area contributed by atoms with E-state index in [1.807, 2.05) is 0 Å². The van der Waals surface area contributed by atoms with Gasteiger partial charge in [0.25, 0.3) is 11.1 Å². The molecule has 0 unspecified atom stereocenters. The summed E-state index contributed by atoms with van der Waals surface area (Å²) in [5.41, 5.74) is -0.839. The molecule has 2 aromatic rings. The molecule has 0 radical (unpaired) electrons. The van der Waals surface area contributed by atoms with Crippen LogP contribution in [0.15, 0.2) is 21.7 Å². The highest BCUT2D eigenvalue weighted by atomic mass is 16.6. The van der Waals surface area contributed by atoms with Gasteiger partial charge in [0.2, 0.25) is 0 Å². The maximum absolute atomic E-state index is 12.0. The van der Waals surface area contributed by atoms with Crippen molar-refractivity contribution in [3.63, 3.8) is 0 Å². The molecule has 0 spiro atoms. The van der Waals surface area contributed by atoms with Gasteiger partial charge in [-0.05, 0) is 12.1 Å². The third-order valence-corrected chi connectivity index (χ3v) is 3.95. The summed E-state index contributed by atoms with van der Waals surface area (Å²) in [6, 6.07) is 2.99. The van der Waals surface area contributed by atoms with E-state index in [1.165, 1.54) is 12.1 Å². The molecule has 0 bridgehead atoms. The number of benzene rings is 1. The van der Waals surface area contributed by atoms with Crippen LogP contribution < -0.4 is 20.6 Å². The number of hydrogen-bond acceptors (Lipinski definition) is 8. The molecule has 28 heavy (non-hydrogen) atoms. The predicted octanol–water partition coefficient (Wildman–Crippen LogP) is 0.0540. The first-order valence-corrected chi connectivity index (χ1v) is 9.11. The topological polar surface area (TPSA) is 121 Å². The van der Waals surface area contributed by atoms with Gasteiger partial charge in [-0.2, -0.15) is 0 Å². The summed E-state index contributed by atoms with van der Waals surface area (Å²) >= 11 is 0. The first-order chi connectivity index (χ1) is 13.8. The van der Waals surface area contributed by atoms with Crippen molar-refractivity contribution < 1.29 is 28.4 Å². The van der Waals surface area contributed by atoms with Crippen molar-refractivity contribution in [3.8, 4) is 11.5 Å². The average Bonchev–Trinajstić information content (AvgIpc) is 2.70. The van der Waals surface area contributed by atoms with Crippen LogP contribution >= 0.6 is 0 Å². The molecule has 0 aliphatic carbocycles. The van der Waals surface area contributed by atoms with E-state index in [0.29, 0.717) is 64.4 Å². The fourth-order valence-corrected chi connectivity index (χ4v) is 2.59. The zero-order valence-corrected chi connectivity index (χ0v) is 15.5. The number of fused-ring (bicyclic) bond motifs is 2. The summed E-state index contributed by atoms with van der Waals surface area (Å²) in [5, 5.41) is 5.03. The molecule has 154 valence electrons. The van der Waals surface area contributed by atoms with Gasteiger partial charge < -0.3 is 28.4 Å². The predicted molar refractivity (Wildman–Crippen MR) is 99.5 cm³/mol. The Kier molecular flexibility index (Phi) is 7.85. The molecule has 10 nitrogen and oxygen atoms in total. The molecule has 2 N–H and O–H groups in total. The number of H-pyrrole nitrogens is 2. The van der Waals surface area contributed by atoms with Crippen LogP contribution in [0.5, 0.6) is 11.5 Å². The SMILES string of the molecule is O=c1[nH][nH]c(=O)c2cc3c(cc12)OCCOCCOCCOCCOCCO3. The van der Waals surface area contributed by atoms with E-state index in [2.05, 4.69) is 10.2 Å². The third-order valence-electron chi connectivity index (χ3n) is 3.95. The summed E-state index contributed by atoms with van der Waals surface area (Å²) in [5.74, 6) is 0.709. The van der Waals surface area contributed by atoms with Crippen LogP contribution in [0.3, 0.4) is 0 Å². The standard InChI is InChI=1S/C18H24N2O8/c21-17-13-11-15-16(12-14(13)18(22)20-19-17)28-10-8-26-6-4-24-2-1-23-3-5-25-7-9-27-15/h11-12H,1-10H2,(H,19,21)(H,20,22). The number of aromatic nitrogens is 2. The van der Waals surface area contributed by atoms with Crippen LogP contribution in [0, 0.1) is 0 Å². The van der Waals surface area contributed by atoms with Crippen molar-refractivity contribution in [1.82, 2.24) is 10.2 Å². The van der Waals surface area contributed by atoms with Gasteiger partial charge in [0.1, 0.15) is 13.2 Å². The molecular weight excluding hydrogens is 372 g/mol. The number of nitrogens with one attached hydrogen (secondary N) is 2. The molecule has 1 aromatic heterocycles. The summed E-state index contributed by atoms with van der Waals surface area (Å²) in [6.45, 7) is 3.97. The molecule has 10 heteroatoms.